The van der Waals surface area contributed by atoms with Gasteiger partial charge in [0.2, 0.25) is 0 Å². The van der Waals surface area contributed by atoms with E-state index in [0.29, 0.717) is 17.8 Å². The standard InChI is InChI=1S/C14H23N5O/c1-9-13(17-18-19(9)2)16-14(20)15-12-8-11(12)10-6-4-3-5-7-10/h10-12H,3-8H2,1-2H3,(H2,15,16,20). The molecule has 0 saturated heterocycles. The van der Waals surface area contributed by atoms with Crippen LogP contribution in [0.5, 0.6) is 0 Å². The molecule has 2 aliphatic rings. The van der Waals surface area contributed by atoms with E-state index in [1.165, 1.54) is 32.1 Å². The topological polar surface area (TPSA) is 71.8 Å². The summed E-state index contributed by atoms with van der Waals surface area (Å²) in [6, 6.07) is 0.201. The molecule has 2 saturated carbocycles. The van der Waals surface area contributed by atoms with Crippen molar-refractivity contribution in [2.24, 2.45) is 18.9 Å². The van der Waals surface area contributed by atoms with Crippen LogP contribution in [-0.4, -0.2) is 27.1 Å². The van der Waals surface area contributed by atoms with E-state index in [1.54, 1.807) is 4.68 Å². The second-order valence-electron chi connectivity index (χ2n) is 6.15. The van der Waals surface area contributed by atoms with E-state index in [2.05, 4.69) is 20.9 Å². The van der Waals surface area contributed by atoms with Crippen LogP contribution in [0.25, 0.3) is 0 Å². The minimum atomic E-state index is -0.156. The molecule has 2 atom stereocenters. The Morgan fingerprint density at radius 2 is 2.05 bits per heavy atom. The Kier molecular flexibility index (Phi) is 3.63. The van der Waals surface area contributed by atoms with Gasteiger partial charge in [0.25, 0.3) is 0 Å². The van der Waals surface area contributed by atoms with E-state index in [-0.39, 0.29) is 6.03 Å². The summed E-state index contributed by atoms with van der Waals surface area (Å²) in [5, 5.41) is 13.6. The molecule has 6 heteroatoms. The molecular weight excluding hydrogens is 254 g/mol. The summed E-state index contributed by atoms with van der Waals surface area (Å²) in [5.41, 5.74) is 0.861. The molecule has 3 rings (SSSR count). The molecule has 0 bridgehead atoms. The maximum atomic E-state index is 12.0. The zero-order valence-electron chi connectivity index (χ0n) is 12.2. The molecule has 1 heterocycles. The number of amides is 2. The maximum Gasteiger partial charge on any atom is 0.320 e. The first-order valence-corrected chi connectivity index (χ1v) is 7.59. The van der Waals surface area contributed by atoms with E-state index < -0.39 is 0 Å². The van der Waals surface area contributed by atoms with Crippen molar-refractivity contribution in [2.75, 3.05) is 5.32 Å². The highest BCUT2D eigenvalue weighted by Gasteiger charge is 2.43. The molecule has 20 heavy (non-hydrogen) atoms. The SMILES string of the molecule is Cc1c(NC(=O)NC2CC2C2CCCCC2)nnn1C. The lowest BCUT2D eigenvalue weighted by atomic mass is 9.85. The molecule has 0 aromatic carbocycles. The second-order valence-corrected chi connectivity index (χ2v) is 6.15. The first kappa shape index (κ1) is 13.4. The van der Waals surface area contributed by atoms with E-state index in [0.717, 1.165) is 18.0 Å². The number of nitrogens with one attached hydrogen (secondary N) is 2. The summed E-state index contributed by atoms with van der Waals surface area (Å²) < 4.78 is 1.65. The quantitative estimate of drug-likeness (QED) is 0.889. The lowest BCUT2D eigenvalue weighted by molar-refractivity contribution is 0.249. The number of hydrogen-bond donors (Lipinski definition) is 2. The van der Waals surface area contributed by atoms with Crippen LogP contribution < -0.4 is 10.6 Å². The highest BCUT2D eigenvalue weighted by atomic mass is 16.2. The van der Waals surface area contributed by atoms with Gasteiger partial charge in [-0.25, -0.2) is 4.79 Å². The largest absolute Gasteiger partial charge is 0.335 e. The first-order chi connectivity index (χ1) is 9.65. The number of nitrogens with zero attached hydrogens (tertiary/aromatic N) is 3. The van der Waals surface area contributed by atoms with Gasteiger partial charge in [-0.1, -0.05) is 37.3 Å². The number of rotatable bonds is 3. The second kappa shape index (κ2) is 5.42. The predicted molar refractivity (Wildman–Crippen MR) is 76.4 cm³/mol. The van der Waals surface area contributed by atoms with Crippen molar-refractivity contribution >= 4 is 11.8 Å². The van der Waals surface area contributed by atoms with Crippen LogP contribution in [0.3, 0.4) is 0 Å². The van der Waals surface area contributed by atoms with Gasteiger partial charge >= 0.3 is 6.03 Å². The van der Waals surface area contributed by atoms with Crippen LogP contribution in [0.4, 0.5) is 10.6 Å². The van der Waals surface area contributed by atoms with Crippen LogP contribution in [0, 0.1) is 18.8 Å². The molecule has 2 amide bonds. The lowest BCUT2D eigenvalue weighted by Crippen LogP contribution is -2.32. The molecule has 110 valence electrons. The fourth-order valence-corrected chi connectivity index (χ4v) is 3.30. The van der Waals surface area contributed by atoms with E-state index in [1.807, 2.05) is 14.0 Å². The third-order valence-corrected chi connectivity index (χ3v) is 4.75. The molecule has 2 aliphatic carbocycles. The van der Waals surface area contributed by atoms with Gasteiger partial charge in [0.05, 0.1) is 5.69 Å². The third kappa shape index (κ3) is 2.78. The molecule has 0 radical (unpaired) electrons. The van der Waals surface area contributed by atoms with Crippen LogP contribution >= 0.6 is 0 Å². The Morgan fingerprint density at radius 1 is 1.30 bits per heavy atom. The number of anilines is 1. The highest BCUT2D eigenvalue weighted by molar-refractivity contribution is 5.89. The van der Waals surface area contributed by atoms with Crippen molar-refractivity contribution in [2.45, 2.75) is 51.5 Å². The molecule has 1 aromatic heterocycles. The molecular formula is C14H23N5O. The predicted octanol–water partition coefficient (Wildman–Crippen LogP) is 2.21. The zero-order chi connectivity index (χ0) is 14.1. The van der Waals surface area contributed by atoms with Gasteiger partial charge in [-0.05, 0) is 25.2 Å². The fourth-order valence-electron chi connectivity index (χ4n) is 3.30. The molecule has 6 nitrogen and oxygen atoms in total. The van der Waals surface area contributed by atoms with Gasteiger partial charge < -0.3 is 5.32 Å². The summed E-state index contributed by atoms with van der Waals surface area (Å²) in [5.74, 6) is 2.07. The number of aromatic nitrogens is 3. The average Bonchev–Trinajstić information content (AvgIpc) is 3.15. The molecule has 2 N–H and O–H groups in total. The van der Waals surface area contributed by atoms with E-state index in [9.17, 15) is 4.79 Å². The Bertz CT molecular complexity index is 492. The molecule has 1 aromatic rings. The Morgan fingerprint density at radius 3 is 2.70 bits per heavy atom. The monoisotopic (exact) mass is 277 g/mol. The van der Waals surface area contributed by atoms with Gasteiger partial charge in [0, 0.05) is 13.1 Å². The van der Waals surface area contributed by atoms with Gasteiger partial charge in [-0.15, -0.1) is 5.10 Å². The smallest absolute Gasteiger partial charge is 0.320 e. The van der Waals surface area contributed by atoms with Crippen molar-refractivity contribution in [3.05, 3.63) is 5.69 Å². The summed E-state index contributed by atoms with van der Waals surface area (Å²) in [4.78, 5) is 12.0. The van der Waals surface area contributed by atoms with Crippen LogP contribution in [-0.2, 0) is 7.05 Å². The molecule has 0 spiro atoms. The van der Waals surface area contributed by atoms with Gasteiger partial charge in [0.1, 0.15) is 0 Å². The van der Waals surface area contributed by atoms with Crippen LogP contribution in [0.15, 0.2) is 0 Å². The summed E-state index contributed by atoms with van der Waals surface area (Å²) in [6.45, 7) is 1.89. The minimum Gasteiger partial charge on any atom is -0.335 e. The summed E-state index contributed by atoms with van der Waals surface area (Å²) in [7, 11) is 1.81. The van der Waals surface area contributed by atoms with Crippen LogP contribution in [0.2, 0.25) is 0 Å². The highest BCUT2D eigenvalue weighted by Crippen LogP contribution is 2.44. The number of aryl methyl sites for hydroxylation is 1. The number of carbonyl (C=O) groups is 1. The average molecular weight is 277 g/mol. The molecule has 2 unspecified atom stereocenters. The summed E-state index contributed by atoms with van der Waals surface area (Å²) >= 11 is 0. The van der Waals surface area contributed by atoms with Crippen molar-refractivity contribution in [1.82, 2.24) is 20.3 Å². The van der Waals surface area contributed by atoms with Crippen molar-refractivity contribution in [3.63, 3.8) is 0 Å². The van der Waals surface area contributed by atoms with Gasteiger partial charge in [-0.2, -0.15) is 0 Å². The van der Waals surface area contributed by atoms with Crippen molar-refractivity contribution < 1.29 is 4.79 Å². The number of hydrogen-bond acceptors (Lipinski definition) is 3. The fraction of sp³-hybridized carbons (Fsp3) is 0.786. The molecule has 0 aliphatic heterocycles. The summed E-state index contributed by atoms with van der Waals surface area (Å²) in [6.07, 6.45) is 7.92. The number of carbonyl (C=O) groups excluding carboxylic acids is 1. The van der Waals surface area contributed by atoms with Gasteiger partial charge in [-0.3, -0.25) is 10.00 Å². The van der Waals surface area contributed by atoms with Crippen molar-refractivity contribution in [1.29, 1.82) is 0 Å². The van der Waals surface area contributed by atoms with Crippen LogP contribution in [0.1, 0.15) is 44.2 Å². The maximum absolute atomic E-state index is 12.0. The van der Waals surface area contributed by atoms with Gasteiger partial charge in [0.15, 0.2) is 5.82 Å². The Labute approximate surface area is 119 Å². The minimum absolute atomic E-state index is 0.156. The first-order valence-electron chi connectivity index (χ1n) is 7.59. The Balaban J connectivity index is 1.47. The molecule has 2 fully saturated rings. The van der Waals surface area contributed by atoms with Crippen molar-refractivity contribution in [3.8, 4) is 0 Å². The zero-order valence-corrected chi connectivity index (χ0v) is 12.2. The van der Waals surface area contributed by atoms with E-state index in [4.69, 9.17) is 0 Å². The van der Waals surface area contributed by atoms with E-state index >= 15 is 0 Å². The third-order valence-electron chi connectivity index (χ3n) is 4.75. The normalized spacial score (nSPS) is 26.3. The Hall–Kier alpha value is -1.59. The number of urea groups is 1. The lowest BCUT2D eigenvalue weighted by Gasteiger charge is -2.21.